The maximum absolute atomic E-state index is 14.1. The number of amides is 1. The fourth-order valence-corrected chi connectivity index (χ4v) is 1.96. The number of nitrogen functional groups attached to an aromatic ring is 1. The fourth-order valence-electron chi connectivity index (χ4n) is 1.71. The summed E-state index contributed by atoms with van der Waals surface area (Å²) in [7, 11) is 0. The van der Waals surface area contributed by atoms with E-state index in [9.17, 15) is 9.18 Å². The molecule has 0 fully saturated rings. The molecule has 5 N–H and O–H groups in total. The van der Waals surface area contributed by atoms with Gasteiger partial charge in [0.25, 0.3) is 0 Å². The van der Waals surface area contributed by atoms with Crippen LogP contribution in [-0.2, 0) is 11.2 Å². The van der Waals surface area contributed by atoms with Crippen LogP contribution in [0.5, 0.6) is 0 Å². The molecular formula is C12H15ClFN3O. The monoisotopic (exact) mass is 271 g/mol. The summed E-state index contributed by atoms with van der Waals surface area (Å²) >= 11 is 5.78. The lowest BCUT2D eigenvalue weighted by atomic mass is 9.94. The molecule has 4 nitrogen and oxygen atoms in total. The van der Waals surface area contributed by atoms with Crippen LogP contribution in [0.25, 0.3) is 0 Å². The molecule has 0 heterocycles. The number of primary amides is 1. The number of nitrogens with one attached hydrogen (secondary N) is 1. The van der Waals surface area contributed by atoms with Gasteiger partial charge >= 0.3 is 0 Å². The van der Waals surface area contributed by atoms with E-state index in [0.717, 1.165) is 0 Å². The third-order valence-corrected chi connectivity index (χ3v) is 3.12. The molecule has 0 radical (unpaired) electrons. The zero-order valence-electron chi connectivity index (χ0n) is 9.97. The van der Waals surface area contributed by atoms with Crippen molar-refractivity contribution in [2.45, 2.75) is 19.8 Å². The zero-order chi connectivity index (χ0) is 13.9. The minimum atomic E-state index is -0.658. The van der Waals surface area contributed by atoms with Crippen molar-refractivity contribution in [2.24, 2.45) is 17.4 Å². The normalized spacial score (nSPS) is 12.2. The summed E-state index contributed by atoms with van der Waals surface area (Å²) in [6.07, 6.45) is 0.696. The summed E-state index contributed by atoms with van der Waals surface area (Å²) in [5, 5.41) is 7.37. The SMILES string of the molecule is CCC(Cc1ccc(Cl)c(C(=N)N)c1F)C(N)=O. The van der Waals surface area contributed by atoms with Crippen LogP contribution in [0.2, 0.25) is 5.02 Å². The molecule has 0 spiro atoms. The maximum atomic E-state index is 14.1. The third-order valence-electron chi connectivity index (χ3n) is 2.80. The predicted molar refractivity (Wildman–Crippen MR) is 69.1 cm³/mol. The van der Waals surface area contributed by atoms with Crippen molar-refractivity contribution < 1.29 is 9.18 Å². The molecule has 1 rings (SSSR count). The molecule has 98 valence electrons. The molecule has 0 aliphatic rings. The van der Waals surface area contributed by atoms with Gasteiger partial charge < -0.3 is 11.5 Å². The molecule has 0 saturated carbocycles. The molecule has 0 aliphatic heterocycles. The van der Waals surface area contributed by atoms with Gasteiger partial charge in [-0.2, -0.15) is 0 Å². The van der Waals surface area contributed by atoms with Crippen molar-refractivity contribution in [3.63, 3.8) is 0 Å². The number of carbonyl (C=O) groups is 1. The van der Waals surface area contributed by atoms with E-state index in [2.05, 4.69) is 0 Å². The summed E-state index contributed by atoms with van der Waals surface area (Å²) in [6, 6.07) is 2.94. The van der Waals surface area contributed by atoms with Crippen molar-refractivity contribution in [3.05, 3.63) is 34.1 Å². The quantitative estimate of drug-likeness (QED) is 0.563. The summed E-state index contributed by atoms with van der Waals surface area (Å²) in [4.78, 5) is 11.1. The van der Waals surface area contributed by atoms with Gasteiger partial charge in [-0.1, -0.05) is 24.6 Å². The average Bonchev–Trinajstić information content (AvgIpc) is 2.27. The molecule has 1 amide bonds. The Kier molecular flexibility index (Phi) is 4.67. The lowest BCUT2D eigenvalue weighted by Crippen LogP contribution is -2.25. The molecule has 0 saturated heterocycles. The first kappa shape index (κ1) is 14.4. The van der Waals surface area contributed by atoms with E-state index in [1.54, 1.807) is 6.92 Å². The van der Waals surface area contributed by atoms with E-state index in [-0.39, 0.29) is 22.6 Å². The smallest absolute Gasteiger partial charge is 0.220 e. The molecule has 1 unspecified atom stereocenters. The van der Waals surface area contributed by atoms with E-state index in [0.29, 0.717) is 6.42 Å². The minimum absolute atomic E-state index is 0.0795. The number of hydrogen-bond acceptors (Lipinski definition) is 2. The van der Waals surface area contributed by atoms with Gasteiger partial charge in [-0.25, -0.2) is 4.39 Å². The van der Waals surface area contributed by atoms with E-state index in [1.165, 1.54) is 12.1 Å². The Labute approximate surface area is 110 Å². The maximum Gasteiger partial charge on any atom is 0.220 e. The number of benzene rings is 1. The number of halogens is 2. The van der Waals surface area contributed by atoms with Gasteiger partial charge in [-0.05, 0) is 24.5 Å². The Morgan fingerprint density at radius 3 is 2.56 bits per heavy atom. The summed E-state index contributed by atoms with van der Waals surface area (Å²) in [5.41, 5.74) is 10.6. The van der Waals surface area contributed by atoms with E-state index >= 15 is 0 Å². The highest BCUT2D eigenvalue weighted by Crippen LogP contribution is 2.24. The van der Waals surface area contributed by atoms with Gasteiger partial charge in [0, 0.05) is 5.92 Å². The van der Waals surface area contributed by atoms with Crippen molar-refractivity contribution in [2.75, 3.05) is 0 Å². The van der Waals surface area contributed by atoms with Crippen molar-refractivity contribution in [1.29, 1.82) is 5.41 Å². The number of amidine groups is 1. The summed E-state index contributed by atoms with van der Waals surface area (Å²) in [5.74, 6) is -2.02. The van der Waals surface area contributed by atoms with Crippen LogP contribution in [0, 0.1) is 17.1 Å². The molecule has 0 aliphatic carbocycles. The molecule has 1 aromatic rings. The van der Waals surface area contributed by atoms with Crippen LogP contribution in [-0.4, -0.2) is 11.7 Å². The number of rotatable bonds is 5. The van der Waals surface area contributed by atoms with Crippen molar-refractivity contribution >= 4 is 23.3 Å². The lowest BCUT2D eigenvalue weighted by molar-refractivity contribution is -0.121. The zero-order valence-corrected chi connectivity index (χ0v) is 10.7. The van der Waals surface area contributed by atoms with E-state index in [4.69, 9.17) is 28.5 Å². The number of nitrogens with two attached hydrogens (primary N) is 2. The highest BCUT2D eigenvalue weighted by molar-refractivity contribution is 6.34. The van der Waals surface area contributed by atoms with Crippen LogP contribution in [0.3, 0.4) is 0 Å². The summed E-state index contributed by atoms with van der Waals surface area (Å²) < 4.78 is 14.1. The Balaban J connectivity index is 3.15. The summed E-state index contributed by atoms with van der Waals surface area (Å²) in [6.45, 7) is 1.80. The van der Waals surface area contributed by atoms with Gasteiger partial charge in [0.1, 0.15) is 11.7 Å². The van der Waals surface area contributed by atoms with Crippen LogP contribution in [0.15, 0.2) is 12.1 Å². The predicted octanol–water partition coefficient (Wildman–Crippen LogP) is 1.82. The third kappa shape index (κ3) is 2.98. The number of hydrogen-bond donors (Lipinski definition) is 3. The lowest BCUT2D eigenvalue weighted by Gasteiger charge is -2.13. The first-order chi connectivity index (χ1) is 8.38. The average molecular weight is 272 g/mol. The first-order valence-electron chi connectivity index (χ1n) is 5.49. The minimum Gasteiger partial charge on any atom is -0.384 e. The van der Waals surface area contributed by atoms with Gasteiger partial charge in [0.2, 0.25) is 5.91 Å². The van der Waals surface area contributed by atoms with Crippen LogP contribution in [0.4, 0.5) is 4.39 Å². The second-order valence-electron chi connectivity index (χ2n) is 4.02. The Morgan fingerprint density at radius 1 is 1.50 bits per heavy atom. The number of carbonyl (C=O) groups excluding carboxylic acids is 1. The standard InChI is InChI=1S/C12H15ClFN3O/c1-2-6(12(17)18)5-7-3-4-8(13)9(10(7)14)11(15)16/h3-4,6H,2,5H2,1H3,(H3,15,16)(H2,17,18). The van der Waals surface area contributed by atoms with Gasteiger partial charge in [0.05, 0.1) is 10.6 Å². The Morgan fingerprint density at radius 2 is 2.11 bits per heavy atom. The topological polar surface area (TPSA) is 93.0 Å². The van der Waals surface area contributed by atoms with Crippen LogP contribution < -0.4 is 11.5 Å². The highest BCUT2D eigenvalue weighted by atomic mass is 35.5. The second kappa shape index (κ2) is 5.82. The molecule has 18 heavy (non-hydrogen) atoms. The van der Waals surface area contributed by atoms with Crippen molar-refractivity contribution in [3.8, 4) is 0 Å². The molecular weight excluding hydrogens is 257 g/mol. The molecule has 1 atom stereocenters. The van der Waals surface area contributed by atoms with E-state index < -0.39 is 23.5 Å². The molecule has 6 heteroatoms. The van der Waals surface area contributed by atoms with Gasteiger partial charge in [0.15, 0.2) is 0 Å². The Hall–Kier alpha value is -1.62. The second-order valence-corrected chi connectivity index (χ2v) is 4.43. The van der Waals surface area contributed by atoms with E-state index in [1.807, 2.05) is 0 Å². The largest absolute Gasteiger partial charge is 0.384 e. The fraction of sp³-hybridized carbons (Fsp3) is 0.333. The molecule has 0 aromatic heterocycles. The van der Waals surface area contributed by atoms with Crippen LogP contribution in [0.1, 0.15) is 24.5 Å². The van der Waals surface area contributed by atoms with Crippen LogP contribution >= 0.6 is 11.6 Å². The highest BCUT2D eigenvalue weighted by Gasteiger charge is 2.19. The molecule has 0 bridgehead atoms. The molecule has 1 aromatic carbocycles. The van der Waals surface area contributed by atoms with Crippen molar-refractivity contribution in [1.82, 2.24) is 0 Å². The first-order valence-corrected chi connectivity index (χ1v) is 5.86. The van der Waals surface area contributed by atoms with Gasteiger partial charge in [-0.15, -0.1) is 0 Å². The Bertz CT molecular complexity index is 490. The van der Waals surface area contributed by atoms with Gasteiger partial charge in [-0.3, -0.25) is 10.2 Å².